The van der Waals surface area contributed by atoms with Gasteiger partial charge in [0.2, 0.25) is 5.88 Å². The van der Waals surface area contributed by atoms with Crippen LogP contribution in [0.25, 0.3) is 5.57 Å². The van der Waals surface area contributed by atoms with Crippen molar-refractivity contribution < 1.29 is 9.53 Å². The first-order valence-electron chi connectivity index (χ1n) is 8.42. The van der Waals surface area contributed by atoms with Crippen molar-refractivity contribution in [3.8, 4) is 5.88 Å². The lowest BCUT2D eigenvalue weighted by molar-refractivity contribution is 0.103. The highest BCUT2D eigenvalue weighted by molar-refractivity contribution is 6.32. The molecule has 0 saturated carbocycles. The van der Waals surface area contributed by atoms with Gasteiger partial charge in [0.05, 0.1) is 12.8 Å². The first kappa shape index (κ1) is 19.3. The lowest BCUT2D eigenvalue weighted by atomic mass is 9.92. The van der Waals surface area contributed by atoms with Gasteiger partial charge in [-0.25, -0.2) is 4.68 Å². The van der Waals surface area contributed by atoms with Crippen LogP contribution in [0.15, 0.2) is 23.9 Å². The van der Waals surface area contributed by atoms with Gasteiger partial charge in [-0.1, -0.05) is 24.1 Å². The van der Waals surface area contributed by atoms with E-state index in [1.807, 2.05) is 34.6 Å². The minimum Gasteiger partial charge on any atom is -0.477 e. The van der Waals surface area contributed by atoms with Gasteiger partial charge in [-0.2, -0.15) is 5.10 Å². The van der Waals surface area contributed by atoms with Crippen LogP contribution in [-0.2, 0) is 7.05 Å². The molecule has 4 nitrogen and oxygen atoms in total. The maximum Gasteiger partial charge on any atom is 0.223 e. The van der Waals surface area contributed by atoms with Crippen molar-refractivity contribution in [3.05, 3.63) is 51.2 Å². The summed E-state index contributed by atoms with van der Waals surface area (Å²) in [5.41, 5.74) is 5.15. The number of aryl methyl sites for hydroxylation is 1. The van der Waals surface area contributed by atoms with Crippen molar-refractivity contribution in [3.63, 3.8) is 0 Å². The summed E-state index contributed by atoms with van der Waals surface area (Å²) in [5.74, 6) is 0.401. The molecule has 1 aromatic carbocycles. The predicted octanol–water partition coefficient (Wildman–Crippen LogP) is 5.22. The Morgan fingerprint density at radius 2 is 1.92 bits per heavy atom. The number of halogens is 1. The summed E-state index contributed by atoms with van der Waals surface area (Å²) >= 11 is 6.41. The van der Waals surface area contributed by atoms with E-state index in [2.05, 4.69) is 5.10 Å². The maximum atomic E-state index is 13.1. The molecule has 0 fully saturated rings. The van der Waals surface area contributed by atoms with Gasteiger partial charge < -0.3 is 4.74 Å². The highest BCUT2D eigenvalue weighted by Gasteiger charge is 2.23. The summed E-state index contributed by atoms with van der Waals surface area (Å²) in [6.07, 6.45) is 2.43. The van der Waals surface area contributed by atoms with Crippen LogP contribution in [0, 0.1) is 6.92 Å². The molecule has 0 bridgehead atoms. The standard InChI is InChI=1S/C20H25ClN2O2/c1-7-10-25-20-16(11-22-23(20)6)19(24)15-8-9-17(21)18(14(15)5)13(4)12(2)3/h8-9,11H,7,10H2,1-6H3. The molecule has 5 heteroatoms. The molecule has 0 spiro atoms. The monoisotopic (exact) mass is 360 g/mol. The Morgan fingerprint density at radius 3 is 2.52 bits per heavy atom. The van der Waals surface area contributed by atoms with E-state index in [1.54, 1.807) is 30.1 Å². The van der Waals surface area contributed by atoms with E-state index in [1.165, 1.54) is 5.57 Å². The fraction of sp³-hybridized carbons (Fsp3) is 0.400. The first-order valence-corrected chi connectivity index (χ1v) is 8.80. The van der Waals surface area contributed by atoms with Crippen molar-refractivity contribution in [2.24, 2.45) is 7.05 Å². The van der Waals surface area contributed by atoms with Gasteiger partial charge in [0, 0.05) is 17.6 Å². The van der Waals surface area contributed by atoms with Crippen LogP contribution in [0.4, 0.5) is 0 Å². The number of nitrogens with zero attached hydrogens (tertiary/aromatic N) is 2. The molecule has 0 aliphatic heterocycles. The highest BCUT2D eigenvalue weighted by atomic mass is 35.5. The molecule has 0 aliphatic carbocycles. The molecule has 134 valence electrons. The average Bonchev–Trinajstić information content (AvgIpc) is 2.93. The lowest BCUT2D eigenvalue weighted by Gasteiger charge is -2.15. The fourth-order valence-electron chi connectivity index (χ4n) is 2.73. The molecule has 0 unspecified atom stereocenters. The number of carbonyl (C=O) groups excluding carboxylic acids is 1. The Bertz CT molecular complexity index is 830. The van der Waals surface area contributed by atoms with Gasteiger partial charge in [0.1, 0.15) is 5.56 Å². The van der Waals surface area contributed by atoms with E-state index < -0.39 is 0 Å². The Balaban J connectivity index is 2.55. The SMILES string of the molecule is CCCOc1c(C(=O)c2ccc(Cl)c(C(C)=C(C)C)c2C)cnn1C. The van der Waals surface area contributed by atoms with Crippen LogP contribution in [0.3, 0.4) is 0 Å². The van der Waals surface area contributed by atoms with E-state index in [4.69, 9.17) is 16.3 Å². The number of aromatic nitrogens is 2. The van der Waals surface area contributed by atoms with Crippen molar-refractivity contribution in [1.82, 2.24) is 9.78 Å². The number of ether oxygens (including phenoxy) is 1. The molecular weight excluding hydrogens is 336 g/mol. The molecule has 0 aliphatic rings. The second kappa shape index (κ2) is 7.87. The number of allylic oxidation sites excluding steroid dienone is 2. The summed E-state index contributed by atoms with van der Waals surface area (Å²) in [4.78, 5) is 13.1. The van der Waals surface area contributed by atoms with Gasteiger partial charge in [0.15, 0.2) is 5.78 Å². The lowest BCUT2D eigenvalue weighted by Crippen LogP contribution is -2.09. The largest absolute Gasteiger partial charge is 0.477 e. The minimum atomic E-state index is -0.101. The molecule has 0 N–H and O–H groups in total. The van der Waals surface area contributed by atoms with Gasteiger partial charge in [-0.3, -0.25) is 4.79 Å². The second-order valence-electron chi connectivity index (χ2n) is 6.38. The number of benzene rings is 1. The second-order valence-corrected chi connectivity index (χ2v) is 6.79. The summed E-state index contributed by atoms with van der Waals surface area (Å²) < 4.78 is 7.32. The summed E-state index contributed by atoms with van der Waals surface area (Å²) in [6.45, 7) is 10.6. The molecule has 25 heavy (non-hydrogen) atoms. The van der Waals surface area contributed by atoms with Gasteiger partial charge >= 0.3 is 0 Å². The summed E-state index contributed by atoms with van der Waals surface area (Å²) in [7, 11) is 1.77. The molecular formula is C20H25ClN2O2. The van der Waals surface area contributed by atoms with E-state index >= 15 is 0 Å². The zero-order valence-corrected chi connectivity index (χ0v) is 16.5. The maximum absolute atomic E-state index is 13.1. The molecule has 0 saturated heterocycles. The van der Waals surface area contributed by atoms with Gasteiger partial charge in [0.25, 0.3) is 0 Å². The fourth-order valence-corrected chi connectivity index (χ4v) is 3.08. The van der Waals surface area contributed by atoms with Crippen molar-refractivity contribution in [2.75, 3.05) is 6.61 Å². The average molecular weight is 361 g/mol. The third kappa shape index (κ3) is 3.79. The highest BCUT2D eigenvalue weighted by Crippen LogP contribution is 2.33. The number of hydrogen-bond donors (Lipinski definition) is 0. The normalized spacial score (nSPS) is 10.7. The molecule has 2 rings (SSSR count). The molecule has 0 atom stereocenters. The van der Waals surface area contributed by atoms with Crippen molar-refractivity contribution >= 4 is 23.0 Å². The van der Waals surface area contributed by atoms with E-state index in [9.17, 15) is 4.79 Å². The summed E-state index contributed by atoms with van der Waals surface area (Å²) in [5, 5.41) is 4.84. The van der Waals surface area contributed by atoms with Crippen molar-refractivity contribution in [2.45, 2.75) is 41.0 Å². The molecule has 0 amide bonds. The van der Waals surface area contributed by atoms with Gasteiger partial charge in [-0.15, -0.1) is 0 Å². The van der Waals surface area contributed by atoms with E-state index in [0.717, 1.165) is 23.1 Å². The van der Waals surface area contributed by atoms with Crippen LogP contribution in [0.2, 0.25) is 5.02 Å². The van der Waals surface area contributed by atoms with Crippen molar-refractivity contribution in [1.29, 1.82) is 0 Å². The molecule has 1 heterocycles. The smallest absolute Gasteiger partial charge is 0.223 e. The Kier molecular flexibility index (Phi) is 6.07. The van der Waals surface area contributed by atoms with Crippen LogP contribution in [-0.4, -0.2) is 22.2 Å². The zero-order valence-electron chi connectivity index (χ0n) is 15.7. The quantitative estimate of drug-likeness (QED) is 0.664. The van der Waals surface area contributed by atoms with Crippen LogP contribution >= 0.6 is 11.6 Å². The molecule has 2 aromatic rings. The zero-order chi connectivity index (χ0) is 18.7. The summed E-state index contributed by atoms with van der Waals surface area (Å²) in [6, 6.07) is 3.56. The third-order valence-electron chi connectivity index (χ3n) is 4.36. The number of carbonyl (C=O) groups is 1. The minimum absolute atomic E-state index is 0.101. The molecule has 1 aromatic heterocycles. The topological polar surface area (TPSA) is 44.1 Å². The molecule has 0 radical (unpaired) electrons. The number of ketones is 1. The van der Waals surface area contributed by atoms with Crippen LogP contribution in [0.5, 0.6) is 5.88 Å². The van der Waals surface area contributed by atoms with E-state index in [0.29, 0.717) is 28.6 Å². The van der Waals surface area contributed by atoms with Crippen LogP contribution in [0.1, 0.15) is 61.2 Å². The predicted molar refractivity (Wildman–Crippen MR) is 103 cm³/mol. The van der Waals surface area contributed by atoms with E-state index in [-0.39, 0.29) is 5.78 Å². The first-order chi connectivity index (χ1) is 11.8. The van der Waals surface area contributed by atoms with Crippen LogP contribution < -0.4 is 4.74 Å². The number of rotatable bonds is 6. The third-order valence-corrected chi connectivity index (χ3v) is 4.67. The Morgan fingerprint density at radius 1 is 1.24 bits per heavy atom. The number of hydrogen-bond acceptors (Lipinski definition) is 3. The van der Waals surface area contributed by atoms with Gasteiger partial charge in [-0.05, 0) is 62.9 Å². The Labute approximate surface area is 154 Å². The Hall–Kier alpha value is -2.07.